The Hall–Kier alpha value is -3.15. The Morgan fingerprint density at radius 3 is 2.38 bits per heavy atom. The predicted molar refractivity (Wildman–Crippen MR) is 89.8 cm³/mol. The lowest BCUT2D eigenvalue weighted by Crippen LogP contribution is -2.20. The molecule has 6 heteroatoms. The first-order valence-electron chi connectivity index (χ1n) is 7.50. The molecular formula is C18H17N3O3. The van der Waals surface area contributed by atoms with Crippen molar-refractivity contribution in [3.8, 4) is 17.2 Å². The van der Waals surface area contributed by atoms with Gasteiger partial charge in [-0.2, -0.15) is 0 Å². The van der Waals surface area contributed by atoms with Gasteiger partial charge in [-0.3, -0.25) is 4.79 Å². The molecule has 3 rings (SSSR count). The second-order valence-electron chi connectivity index (χ2n) is 5.35. The second kappa shape index (κ2) is 6.95. The van der Waals surface area contributed by atoms with Crippen molar-refractivity contribution < 1.29 is 13.9 Å². The van der Waals surface area contributed by atoms with Gasteiger partial charge < -0.3 is 14.5 Å². The van der Waals surface area contributed by atoms with Crippen molar-refractivity contribution in [1.82, 2.24) is 10.2 Å². The SMILES string of the molecule is Cc1ccc(OCC(=O)Nc2ccc(-c3nnc(C)o3)cc2)cc1. The molecule has 0 spiro atoms. The van der Waals surface area contributed by atoms with Gasteiger partial charge in [-0.25, -0.2) is 0 Å². The Morgan fingerprint density at radius 2 is 1.75 bits per heavy atom. The Labute approximate surface area is 139 Å². The van der Waals surface area contributed by atoms with Crippen molar-refractivity contribution >= 4 is 11.6 Å². The van der Waals surface area contributed by atoms with Gasteiger partial charge in [0, 0.05) is 18.2 Å². The van der Waals surface area contributed by atoms with E-state index >= 15 is 0 Å². The second-order valence-corrected chi connectivity index (χ2v) is 5.35. The van der Waals surface area contributed by atoms with E-state index < -0.39 is 0 Å². The molecule has 0 saturated heterocycles. The molecule has 1 N–H and O–H groups in total. The van der Waals surface area contributed by atoms with Crippen LogP contribution in [0.5, 0.6) is 5.75 Å². The summed E-state index contributed by atoms with van der Waals surface area (Å²) in [5.41, 5.74) is 2.61. The normalized spacial score (nSPS) is 10.4. The van der Waals surface area contributed by atoms with E-state index in [0.29, 0.717) is 23.2 Å². The highest BCUT2D eigenvalue weighted by Crippen LogP contribution is 2.20. The van der Waals surface area contributed by atoms with Crippen LogP contribution < -0.4 is 10.1 Å². The van der Waals surface area contributed by atoms with Gasteiger partial charge in [0.15, 0.2) is 6.61 Å². The van der Waals surface area contributed by atoms with Gasteiger partial charge in [-0.15, -0.1) is 10.2 Å². The molecule has 24 heavy (non-hydrogen) atoms. The molecule has 2 aromatic carbocycles. The topological polar surface area (TPSA) is 77.2 Å². The lowest BCUT2D eigenvalue weighted by Gasteiger charge is -2.08. The fourth-order valence-corrected chi connectivity index (χ4v) is 2.09. The zero-order chi connectivity index (χ0) is 16.9. The fraction of sp³-hybridized carbons (Fsp3) is 0.167. The molecule has 3 aromatic rings. The Balaban J connectivity index is 1.55. The highest BCUT2D eigenvalue weighted by Gasteiger charge is 2.07. The molecule has 0 fully saturated rings. The first-order chi connectivity index (χ1) is 11.6. The van der Waals surface area contributed by atoms with Crippen molar-refractivity contribution in [3.05, 3.63) is 60.0 Å². The summed E-state index contributed by atoms with van der Waals surface area (Å²) in [6, 6.07) is 14.7. The summed E-state index contributed by atoms with van der Waals surface area (Å²) in [6.07, 6.45) is 0. The van der Waals surface area contributed by atoms with Crippen LogP contribution in [0.4, 0.5) is 5.69 Å². The largest absolute Gasteiger partial charge is 0.484 e. The predicted octanol–water partition coefficient (Wildman–Crippen LogP) is 3.37. The minimum Gasteiger partial charge on any atom is -0.484 e. The number of nitrogens with one attached hydrogen (secondary N) is 1. The molecule has 0 saturated carbocycles. The molecule has 0 radical (unpaired) electrons. The highest BCUT2D eigenvalue weighted by atomic mass is 16.5. The molecule has 1 amide bonds. The summed E-state index contributed by atoms with van der Waals surface area (Å²) in [5, 5.41) is 10.5. The van der Waals surface area contributed by atoms with E-state index in [1.165, 1.54) is 0 Å². The fourth-order valence-electron chi connectivity index (χ4n) is 2.09. The number of amides is 1. The van der Waals surface area contributed by atoms with Crippen LogP contribution in [0.1, 0.15) is 11.5 Å². The molecule has 122 valence electrons. The monoisotopic (exact) mass is 323 g/mol. The van der Waals surface area contributed by atoms with Gasteiger partial charge in [-0.05, 0) is 43.3 Å². The zero-order valence-electron chi connectivity index (χ0n) is 13.4. The molecule has 1 aromatic heterocycles. The smallest absolute Gasteiger partial charge is 0.262 e. The molecular weight excluding hydrogens is 306 g/mol. The van der Waals surface area contributed by atoms with Gasteiger partial charge in [0.1, 0.15) is 5.75 Å². The van der Waals surface area contributed by atoms with Gasteiger partial charge in [0.25, 0.3) is 5.91 Å². The van der Waals surface area contributed by atoms with Crippen molar-refractivity contribution in [2.24, 2.45) is 0 Å². The van der Waals surface area contributed by atoms with Crippen LogP contribution >= 0.6 is 0 Å². The van der Waals surface area contributed by atoms with E-state index in [0.717, 1.165) is 11.1 Å². The maximum Gasteiger partial charge on any atom is 0.262 e. The molecule has 0 atom stereocenters. The zero-order valence-corrected chi connectivity index (χ0v) is 13.4. The number of anilines is 1. The average molecular weight is 323 g/mol. The number of aryl methyl sites for hydroxylation is 2. The third-order valence-corrected chi connectivity index (χ3v) is 3.33. The van der Waals surface area contributed by atoms with Crippen LogP contribution in [0.15, 0.2) is 52.9 Å². The third-order valence-electron chi connectivity index (χ3n) is 3.33. The van der Waals surface area contributed by atoms with Crippen molar-refractivity contribution in [2.45, 2.75) is 13.8 Å². The van der Waals surface area contributed by atoms with Crippen LogP contribution in [0.2, 0.25) is 0 Å². The third kappa shape index (κ3) is 3.98. The maximum atomic E-state index is 11.9. The summed E-state index contributed by atoms with van der Waals surface area (Å²) in [4.78, 5) is 11.9. The van der Waals surface area contributed by atoms with E-state index in [9.17, 15) is 4.79 Å². The lowest BCUT2D eigenvalue weighted by atomic mass is 10.2. The maximum absolute atomic E-state index is 11.9. The number of hydrogen-bond acceptors (Lipinski definition) is 5. The lowest BCUT2D eigenvalue weighted by molar-refractivity contribution is -0.118. The van der Waals surface area contributed by atoms with Crippen molar-refractivity contribution in [3.63, 3.8) is 0 Å². The van der Waals surface area contributed by atoms with Gasteiger partial charge in [0.2, 0.25) is 11.8 Å². The number of aromatic nitrogens is 2. The van der Waals surface area contributed by atoms with Crippen LogP contribution in [-0.2, 0) is 4.79 Å². The summed E-state index contributed by atoms with van der Waals surface area (Å²) >= 11 is 0. The number of carbonyl (C=O) groups is 1. The molecule has 0 aliphatic heterocycles. The number of hydrogen-bond donors (Lipinski definition) is 1. The highest BCUT2D eigenvalue weighted by molar-refractivity contribution is 5.92. The van der Waals surface area contributed by atoms with E-state index in [1.54, 1.807) is 19.1 Å². The summed E-state index contributed by atoms with van der Waals surface area (Å²) in [5.74, 6) is 1.40. The van der Waals surface area contributed by atoms with Crippen LogP contribution in [0, 0.1) is 13.8 Å². The minimum atomic E-state index is -0.225. The molecule has 6 nitrogen and oxygen atoms in total. The van der Waals surface area contributed by atoms with Crippen LogP contribution in [0.25, 0.3) is 11.5 Å². The van der Waals surface area contributed by atoms with Crippen LogP contribution in [-0.4, -0.2) is 22.7 Å². The number of benzene rings is 2. The first kappa shape index (κ1) is 15.7. The number of ether oxygens (including phenoxy) is 1. The van der Waals surface area contributed by atoms with E-state index in [1.807, 2.05) is 43.3 Å². The van der Waals surface area contributed by atoms with E-state index in [2.05, 4.69) is 15.5 Å². The van der Waals surface area contributed by atoms with Gasteiger partial charge >= 0.3 is 0 Å². The van der Waals surface area contributed by atoms with E-state index in [-0.39, 0.29) is 12.5 Å². The Morgan fingerprint density at radius 1 is 1.04 bits per heavy atom. The number of rotatable bonds is 5. The standard InChI is InChI=1S/C18H17N3O3/c1-12-3-9-16(10-4-12)23-11-17(22)19-15-7-5-14(6-8-15)18-21-20-13(2)24-18/h3-10H,11H2,1-2H3,(H,19,22). The number of carbonyl (C=O) groups excluding carboxylic acids is 1. The molecule has 0 bridgehead atoms. The molecule has 0 unspecified atom stereocenters. The first-order valence-corrected chi connectivity index (χ1v) is 7.50. The van der Waals surface area contributed by atoms with Gasteiger partial charge in [-0.1, -0.05) is 17.7 Å². The Bertz CT molecular complexity index is 823. The molecule has 0 aliphatic rings. The molecule has 0 aliphatic carbocycles. The van der Waals surface area contributed by atoms with Gasteiger partial charge in [0.05, 0.1) is 0 Å². The van der Waals surface area contributed by atoms with Crippen molar-refractivity contribution in [1.29, 1.82) is 0 Å². The quantitative estimate of drug-likeness (QED) is 0.779. The van der Waals surface area contributed by atoms with Crippen LogP contribution in [0.3, 0.4) is 0 Å². The van der Waals surface area contributed by atoms with E-state index in [4.69, 9.17) is 9.15 Å². The summed E-state index contributed by atoms with van der Waals surface area (Å²) in [7, 11) is 0. The Kier molecular flexibility index (Phi) is 4.56. The molecule has 1 heterocycles. The number of nitrogens with zero attached hydrogens (tertiary/aromatic N) is 2. The van der Waals surface area contributed by atoms with Crippen molar-refractivity contribution in [2.75, 3.05) is 11.9 Å². The summed E-state index contributed by atoms with van der Waals surface area (Å²) < 4.78 is 10.8. The average Bonchev–Trinajstić information content (AvgIpc) is 3.01. The minimum absolute atomic E-state index is 0.0479. The summed E-state index contributed by atoms with van der Waals surface area (Å²) in [6.45, 7) is 3.68.